The molecule has 18 heavy (non-hydrogen) atoms. The van der Waals surface area contributed by atoms with Crippen LogP contribution in [0.2, 0.25) is 0 Å². The van der Waals surface area contributed by atoms with Gasteiger partial charge in [-0.15, -0.1) is 0 Å². The molecule has 0 aromatic heterocycles. The van der Waals surface area contributed by atoms with Crippen molar-refractivity contribution in [1.82, 2.24) is 4.90 Å². The summed E-state index contributed by atoms with van der Waals surface area (Å²) < 4.78 is 17.6. The van der Waals surface area contributed by atoms with Crippen LogP contribution in [0.3, 0.4) is 0 Å². The first kappa shape index (κ1) is 15.1. The first-order valence-electron chi connectivity index (χ1n) is 6.20. The topological polar surface area (TPSA) is 38.5 Å². The van der Waals surface area contributed by atoms with Gasteiger partial charge in [-0.1, -0.05) is 18.7 Å². The molecule has 4 heteroatoms. The van der Waals surface area contributed by atoms with Gasteiger partial charge < -0.3 is 10.5 Å². The molecule has 0 aromatic carbocycles. The molecule has 1 rings (SSSR count). The zero-order valence-electron chi connectivity index (χ0n) is 11.2. The maximum atomic E-state index is 12.5. The van der Waals surface area contributed by atoms with Gasteiger partial charge in [0.05, 0.1) is 12.4 Å². The molecule has 0 aliphatic carbocycles. The maximum absolute atomic E-state index is 12.5. The van der Waals surface area contributed by atoms with E-state index < -0.39 is 0 Å². The number of halogens is 1. The Hall–Kier alpha value is -0.970. The van der Waals surface area contributed by atoms with Crippen molar-refractivity contribution in [2.45, 2.75) is 13.0 Å². The third kappa shape index (κ3) is 4.72. The van der Waals surface area contributed by atoms with E-state index in [4.69, 9.17) is 10.5 Å². The third-order valence-corrected chi connectivity index (χ3v) is 3.16. The Kier molecular flexibility index (Phi) is 6.25. The van der Waals surface area contributed by atoms with Crippen molar-refractivity contribution in [3.8, 4) is 0 Å². The number of nitrogens with two attached hydrogens (primary N) is 1. The highest BCUT2D eigenvalue weighted by Crippen LogP contribution is 2.22. The van der Waals surface area contributed by atoms with Gasteiger partial charge >= 0.3 is 0 Å². The van der Waals surface area contributed by atoms with E-state index in [1.54, 1.807) is 13.2 Å². The van der Waals surface area contributed by atoms with E-state index in [2.05, 4.69) is 11.5 Å². The predicted molar refractivity (Wildman–Crippen MR) is 72.9 cm³/mol. The number of hydrogen-bond acceptors (Lipinski definition) is 3. The Morgan fingerprint density at radius 1 is 1.56 bits per heavy atom. The van der Waals surface area contributed by atoms with Crippen LogP contribution < -0.4 is 5.73 Å². The Morgan fingerprint density at radius 2 is 2.28 bits per heavy atom. The lowest BCUT2D eigenvalue weighted by Gasteiger charge is -2.15. The number of hydrogen-bond donors (Lipinski definition) is 1. The largest absolute Gasteiger partial charge is 0.383 e. The van der Waals surface area contributed by atoms with Crippen LogP contribution in [0.5, 0.6) is 0 Å². The Labute approximate surface area is 109 Å². The van der Waals surface area contributed by atoms with Crippen molar-refractivity contribution < 1.29 is 9.13 Å². The first-order valence-corrected chi connectivity index (χ1v) is 6.20. The van der Waals surface area contributed by atoms with E-state index >= 15 is 0 Å². The molecule has 1 aliphatic rings. The van der Waals surface area contributed by atoms with Gasteiger partial charge in [-0.3, -0.25) is 4.90 Å². The zero-order chi connectivity index (χ0) is 13.5. The van der Waals surface area contributed by atoms with Gasteiger partial charge in [0.25, 0.3) is 0 Å². The average molecular weight is 254 g/mol. The number of nitrogens with zero attached hydrogens (tertiary/aromatic N) is 1. The van der Waals surface area contributed by atoms with Crippen molar-refractivity contribution in [1.29, 1.82) is 0 Å². The fraction of sp³-hybridized carbons (Fsp3) is 0.571. The molecule has 0 radical (unpaired) electrons. The Bertz CT molecular complexity index is 335. The predicted octanol–water partition coefficient (Wildman–Crippen LogP) is 1.88. The normalized spacial score (nSPS) is 26.1. The summed E-state index contributed by atoms with van der Waals surface area (Å²) in [5.74, 6) is 0.0305. The maximum Gasteiger partial charge on any atom is 0.0968 e. The van der Waals surface area contributed by atoms with Crippen molar-refractivity contribution in [3.05, 3.63) is 36.2 Å². The van der Waals surface area contributed by atoms with Crippen LogP contribution in [0, 0.1) is 5.92 Å². The summed E-state index contributed by atoms with van der Waals surface area (Å²) in [6.45, 7) is 8.80. The minimum absolute atomic E-state index is 0.0921. The number of likely N-dealkylation sites (tertiary alicyclic amines) is 1. The Morgan fingerprint density at radius 3 is 2.89 bits per heavy atom. The van der Waals surface area contributed by atoms with Crippen molar-refractivity contribution >= 4 is 0 Å². The van der Waals surface area contributed by atoms with Crippen LogP contribution in [0.15, 0.2) is 36.2 Å². The van der Waals surface area contributed by atoms with Crippen LogP contribution in [0.1, 0.15) is 6.92 Å². The van der Waals surface area contributed by atoms with E-state index in [9.17, 15) is 4.39 Å². The monoisotopic (exact) mass is 254 g/mol. The molecule has 0 amide bonds. The fourth-order valence-corrected chi connectivity index (χ4v) is 2.14. The van der Waals surface area contributed by atoms with Gasteiger partial charge in [0.15, 0.2) is 0 Å². The molecule has 0 saturated carbocycles. The smallest absolute Gasteiger partial charge is 0.0968 e. The molecule has 2 atom stereocenters. The molecule has 102 valence electrons. The molecule has 0 bridgehead atoms. The second-order valence-electron chi connectivity index (χ2n) is 4.71. The van der Waals surface area contributed by atoms with Gasteiger partial charge in [-0.25, -0.2) is 4.39 Å². The van der Waals surface area contributed by atoms with Crippen LogP contribution in [0.25, 0.3) is 0 Å². The van der Waals surface area contributed by atoms with Gasteiger partial charge in [0, 0.05) is 38.7 Å². The third-order valence-electron chi connectivity index (χ3n) is 3.16. The van der Waals surface area contributed by atoms with Gasteiger partial charge in [-0.2, -0.15) is 0 Å². The standard InChI is InChI=1S/C14H23FN2O/c1-11(5-4-6-12(2)15)13-9-17(7-8-18-3)10-14(13)16/h4-6,13-14H,1,7-10,16H2,2-3H3/b5-4-,12-6+/t13-,14+/m0/s1. The van der Waals surface area contributed by atoms with Gasteiger partial charge in [-0.05, 0) is 18.6 Å². The van der Waals surface area contributed by atoms with E-state index in [0.29, 0.717) is 6.61 Å². The van der Waals surface area contributed by atoms with E-state index in [1.807, 2.05) is 6.08 Å². The molecule has 0 unspecified atom stereocenters. The van der Waals surface area contributed by atoms with E-state index in [1.165, 1.54) is 13.0 Å². The second-order valence-corrected chi connectivity index (χ2v) is 4.71. The number of ether oxygens (including phenoxy) is 1. The fourth-order valence-electron chi connectivity index (χ4n) is 2.14. The van der Waals surface area contributed by atoms with E-state index in [0.717, 1.165) is 25.2 Å². The van der Waals surface area contributed by atoms with Crippen LogP contribution in [-0.2, 0) is 4.74 Å². The minimum atomic E-state index is -0.212. The number of allylic oxidation sites excluding steroid dienone is 4. The minimum Gasteiger partial charge on any atom is -0.383 e. The highest BCUT2D eigenvalue weighted by Gasteiger charge is 2.30. The lowest BCUT2D eigenvalue weighted by Crippen LogP contribution is -2.30. The van der Waals surface area contributed by atoms with Crippen LogP contribution in [-0.4, -0.2) is 44.3 Å². The summed E-state index contributed by atoms with van der Waals surface area (Å²) in [5.41, 5.74) is 7.07. The molecular formula is C14H23FN2O. The molecule has 1 fully saturated rings. The van der Waals surface area contributed by atoms with Crippen molar-refractivity contribution in [2.24, 2.45) is 11.7 Å². The lowest BCUT2D eigenvalue weighted by molar-refractivity contribution is 0.159. The molecule has 1 aliphatic heterocycles. The zero-order valence-corrected chi connectivity index (χ0v) is 11.2. The molecular weight excluding hydrogens is 231 g/mol. The molecule has 0 aromatic rings. The van der Waals surface area contributed by atoms with E-state index in [-0.39, 0.29) is 17.8 Å². The molecule has 1 heterocycles. The summed E-state index contributed by atoms with van der Waals surface area (Å²) in [5, 5.41) is 0. The lowest BCUT2D eigenvalue weighted by atomic mass is 9.95. The van der Waals surface area contributed by atoms with Crippen molar-refractivity contribution in [2.75, 3.05) is 33.4 Å². The molecule has 1 saturated heterocycles. The summed E-state index contributed by atoms with van der Waals surface area (Å²) in [6, 6.07) is 0.0921. The average Bonchev–Trinajstić information content (AvgIpc) is 2.67. The Balaban J connectivity index is 2.49. The van der Waals surface area contributed by atoms with Gasteiger partial charge in [0.2, 0.25) is 0 Å². The van der Waals surface area contributed by atoms with Crippen molar-refractivity contribution in [3.63, 3.8) is 0 Å². The summed E-state index contributed by atoms with van der Waals surface area (Å²) >= 11 is 0. The van der Waals surface area contributed by atoms with Gasteiger partial charge in [0.1, 0.15) is 0 Å². The second kappa shape index (κ2) is 7.46. The first-order chi connectivity index (χ1) is 8.54. The molecule has 0 spiro atoms. The SMILES string of the molecule is C=C(/C=C\C=C(/C)F)[C@@H]1CN(CCOC)C[C@H]1N. The highest BCUT2D eigenvalue weighted by atomic mass is 19.1. The highest BCUT2D eigenvalue weighted by molar-refractivity contribution is 5.25. The summed E-state index contributed by atoms with van der Waals surface area (Å²) in [6.07, 6.45) is 4.95. The molecule has 3 nitrogen and oxygen atoms in total. The van der Waals surface area contributed by atoms with Crippen LogP contribution >= 0.6 is 0 Å². The van der Waals surface area contributed by atoms with Crippen LogP contribution in [0.4, 0.5) is 4.39 Å². The summed E-state index contributed by atoms with van der Waals surface area (Å²) in [7, 11) is 1.70. The quantitative estimate of drug-likeness (QED) is 0.736. The molecule has 2 N–H and O–H groups in total. The number of rotatable bonds is 6. The summed E-state index contributed by atoms with van der Waals surface area (Å²) in [4.78, 5) is 2.27. The number of methoxy groups -OCH3 is 1.